The van der Waals surface area contributed by atoms with E-state index in [-0.39, 0.29) is 33.0 Å². The van der Waals surface area contributed by atoms with Crippen LogP contribution in [-0.4, -0.2) is 34.2 Å². The molecule has 3 aromatic rings. The predicted molar refractivity (Wildman–Crippen MR) is 126 cm³/mol. The number of nitrogens with two attached hydrogens (primary N) is 1. The van der Waals surface area contributed by atoms with Gasteiger partial charge in [-0.2, -0.15) is 0 Å². The second-order valence-electron chi connectivity index (χ2n) is 7.03. The molecule has 10 nitrogen and oxygen atoms in total. The molecule has 0 radical (unpaired) electrons. The molecular weight excluding hydrogens is 490 g/mol. The molecule has 0 atom stereocenters. The number of urea groups is 1. The molecule has 4 rings (SSSR count). The van der Waals surface area contributed by atoms with Gasteiger partial charge in [0.05, 0.1) is 21.9 Å². The summed E-state index contributed by atoms with van der Waals surface area (Å²) in [6.07, 6.45) is 0.387. The maximum Gasteiger partial charge on any atom is 0.324 e. The Bertz CT molecular complexity index is 1270. The Morgan fingerprint density at radius 2 is 1.82 bits per heavy atom. The van der Waals surface area contributed by atoms with E-state index in [0.29, 0.717) is 29.2 Å². The summed E-state index contributed by atoms with van der Waals surface area (Å²) in [6, 6.07) is 8.99. The van der Waals surface area contributed by atoms with Gasteiger partial charge in [-0.05, 0) is 42.3 Å². The number of hydrogen-bond acceptors (Lipinski definition) is 7. The molecule has 0 saturated carbocycles. The molecule has 33 heavy (non-hydrogen) atoms. The van der Waals surface area contributed by atoms with Gasteiger partial charge in [0.15, 0.2) is 0 Å². The Morgan fingerprint density at radius 3 is 2.45 bits per heavy atom. The Balaban J connectivity index is 1.52. The molecule has 1 aliphatic rings. The highest BCUT2D eigenvalue weighted by atomic mass is 35.5. The van der Waals surface area contributed by atoms with Gasteiger partial charge in [0.25, 0.3) is 11.8 Å². The van der Waals surface area contributed by atoms with Gasteiger partial charge >= 0.3 is 11.0 Å². The van der Waals surface area contributed by atoms with Gasteiger partial charge in [0.1, 0.15) is 5.00 Å². The van der Waals surface area contributed by atoms with E-state index < -0.39 is 16.7 Å². The third-order valence-corrected chi connectivity index (χ3v) is 7.33. The van der Waals surface area contributed by atoms with Gasteiger partial charge in [0, 0.05) is 28.2 Å². The SMILES string of the molecule is NC(=O)c1c(NC(=O)c2ccc([N+](=O)[O-])s2)sc2c1CCN(C(=O)Nc1ccc(Cl)cc1)C2. The number of carbonyl (C=O) groups excluding carboxylic acids is 3. The quantitative estimate of drug-likeness (QED) is 0.349. The van der Waals surface area contributed by atoms with Crippen molar-refractivity contribution in [2.75, 3.05) is 17.2 Å². The van der Waals surface area contributed by atoms with Crippen molar-refractivity contribution >= 4 is 67.8 Å². The molecule has 1 aromatic carbocycles. The molecule has 3 heterocycles. The number of nitrogens with zero attached hydrogens (tertiary/aromatic N) is 2. The van der Waals surface area contributed by atoms with Crippen LogP contribution in [0.5, 0.6) is 0 Å². The van der Waals surface area contributed by atoms with Gasteiger partial charge in [0.2, 0.25) is 0 Å². The van der Waals surface area contributed by atoms with E-state index in [1.807, 2.05) is 0 Å². The first-order valence-corrected chi connectivity index (χ1v) is 11.6. The van der Waals surface area contributed by atoms with Gasteiger partial charge < -0.3 is 21.3 Å². The van der Waals surface area contributed by atoms with Crippen molar-refractivity contribution in [3.8, 4) is 0 Å². The summed E-state index contributed by atoms with van der Waals surface area (Å²) in [5, 5.41) is 17.0. The maximum absolute atomic E-state index is 12.7. The molecule has 0 aliphatic carbocycles. The zero-order valence-electron chi connectivity index (χ0n) is 16.8. The van der Waals surface area contributed by atoms with Crippen molar-refractivity contribution in [1.29, 1.82) is 0 Å². The second-order valence-corrected chi connectivity index (χ2v) is 9.63. The zero-order chi connectivity index (χ0) is 23.7. The van der Waals surface area contributed by atoms with Crippen molar-refractivity contribution in [3.05, 3.63) is 72.4 Å². The first-order valence-electron chi connectivity index (χ1n) is 9.54. The number of halogens is 1. The predicted octanol–water partition coefficient (Wildman–Crippen LogP) is 4.31. The van der Waals surface area contributed by atoms with E-state index in [9.17, 15) is 24.5 Å². The highest BCUT2D eigenvalue weighted by Gasteiger charge is 2.30. The molecule has 13 heteroatoms. The Labute approximate surface area is 200 Å². The molecule has 170 valence electrons. The second kappa shape index (κ2) is 9.17. The molecule has 0 fully saturated rings. The summed E-state index contributed by atoms with van der Waals surface area (Å²) in [5.74, 6) is -1.27. The van der Waals surface area contributed by atoms with Gasteiger partial charge in [-0.1, -0.05) is 22.9 Å². The number of fused-ring (bicyclic) bond motifs is 1. The number of thiophene rings is 2. The van der Waals surface area contributed by atoms with Crippen LogP contribution in [0.4, 0.5) is 20.5 Å². The minimum atomic E-state index is -0.695. The molecular formula is C20H16ClN5O5S2. The minimum Gasteiger partial charge on any atom is -0.365 e. The number of benzene rings is 1. The number of carbonyl (C=O) groups is 3. The lowest BCUT2D eigenvalue weighted by molar-refractivity contribution is -0.380. The average Bonchev–Trinajstić information content (AvgIpc) is 3.39. The summed E-state index contributed by atoms with van der Waals surface area (Å²) < 4.78 is 0. The van der Waals surface area contributed by atoms with E-state index >= 15 is 0 Å². The van der Waals surface area contributed by atoms with E-state index in [1.54, 1.807) is 29.2 Å². The number of anilines is 2. The lowest BCUT2D eigenvalue weighted by atomic mass is 10.0. The van der Waals surface area contributed by atoms with Crippen LogP contribution in [-0.2, 0) is 13.0 Å². The summed E-state index contributed by atoms with van der Waals surface area (Å²) in [5.41, 5.74) is 7.06. The number of primary amides is 1. The molecule has 0 saturated heterocycles. The van der Waals surface area contributed by atoms with E-state index in [2.05, 4.69) is 10.6 Å². The molecule has 0 unspecified atom stereocenters. The normalized spacial score (nSPS) is 12.7. The summed E-state index contributed by atoms with van der Waals surface area (Å²) in [7, 11) is 0. The third kappa shape index (κ3) is 4.82. The van der Waals surface area contributed by atoms with Gasteiger partial charge in [-0.3, -0.25) is 19.7 Å². The van der Waals surface area contributed by atoms with Crippen LogP contribution in [0, 0.1) is 10.1 Å². The summed E-state index contributed by atoms with van der Waals surface area (Å²) in [6.45, 7) is 0.591. The van der Waals surface area contributed by atoms with Crippen molar-refractivity contribution in [3.63, 3.8) is 0 Å². The van der Waals surface area contributed by atoms with Crippen LogP contribution in [0.15, 0.2) is 36.4 Å². The van der Waals surface area contributed by atoms with Crippen molar-refractivity contribution < 1.29 is 19.3 Å². The maximum atomic E-state index is 12.7. The minimum absolute atomic E-state index is 0.132. The Hall–Kier alpha value is -3.48. The number of rotatable bonds is 5. The van der Waals surface area contributed by atoms with E-state index in [1.165, 1.54) is 12.1 Å². The van der Waals surface area contributed by atoms with Crippen LogP contribution in [0.25, 0.3) is 0 Å². The van der Waals surface area contributed by atoms with Gasteiger partial charge in [-0.15, -0.1) is 11.3 Å². The van der Waals surface area contributed by atoms with Crippen LogP contribution in [0.3, 0.4) is 0 Å². The topological polar surface area (TPSA) is 148 Å². The number of nitro groups is 1. The van der Waals surface area contributed by atoms with Crippen molar-refractivity contribution in [2.24, 2.45) is 5.73 Å². The highest BCUT2D eigenvalue weighted by Crippen LogP contribution is 2.38. The fraction of sp³-hybridized carbons (Fsp3) is 0.150. The molecule has 4 N–H and O–H groups in total. The molecule has 2 aromatic heterocycles. The summed E-state index contributed by atoms with van der Waals surface area (Å²) >= 11 is 7.75. The lowest BCUT2D eigenvalue weighted by Gasteiger charge is -2.27. The van der Waals surface area contributed by atoms with Crippen LogP contribution in [0.2, 0.25) is 5.02 Å². The van der Waals surface area contributed by atoms with Crippen molar-refractivity contribution in [1.82, 2.24) is 4.90 Å². The van der Waals surface area contributed by atoms with Crippen molar-refractivity contribution in [2.45, 2.75) is 13.0 Å². The largest absolute Gasteiger partial charge is 0.365 e. The van der Waals surface area contributed by atoms with Crippen LogP contribution >= 0.6 is 34.3 Å². The molecule has 1 aliphatic heterocycles. The highest BCUT2D eigenvalue weighted by molar-refractivity contribution is 7.18. The lowest BCUT2D eigenvalue weighted by Crippen LogP contribution is -2.38. The van der Waals surface area contributed by atoms with E-state index in [4.69, 9.17) is 17.3 Å². The zero-order valence-corrected chi connectivity index (χ0v) is 19.2. The fourth-order valence-electron chi connectivity index (χ4n) is 3.37. The Kier molecular flexibility index (Phi) is 6.31. The first kappa shape index (κ1) is 22.7. The molecule has 0 bridgehead atoms. The van der Waals surface area contributed by atoms with E-state index in [0.717, 1.165) is 27.6 Å². The monoisotopic (exact) mass is 505 g/mol. The number of nitrogens with one attached hydrogen (secondary N) is 2. The number of hydrogen-bond donors (Lipinski definition) is 3. The average molecular weight is 506 g/mol. The smallest absolute Gasteiger partial charge is 0.324 e. The third-order valence-electron chi connectivity index (χ3n) is 4.91. The fourth-order valence-corrected chi connectivity index (χ4v) is 5.48. The van der Waals surface area contributed by atoms with Gasteiger partial charge in [-0.25, -0.2) is 4.79 Å². The molecule has 0 spiro atoms. The Morgan fingerprint density at radius 1 is 1.09 bits per heavy atom. The first-order chi connectivity index (χ1) is 15.7. The van der Waals surface area contributed by atoms with Crippen LogP contribution < -0.4 is 16.4 Å². The summed E-state index contributed by atoms with van der Waals surface area (Å²) in [4.78, 5) is 50.1. The number of amides is 4. The molecule has 4 amide bonds. The van der Waals surface area contributed by atoms with Crippen LogP contribution in [0.1, 0.15) is 30.5 Å². The standard InChI is InChI=1S/C20H16ClN5O5S2/c21-10-1-3-11(4-2-10)23-20(29)25-8-7-12-14(9-25)33-19(16(12)17(22)27)24-18(28)13-5-6-15(32-13)26(30)31/h1-6H,7-9H2,(H2,22,27)(H,23,29)(H,24,28).